The molecule has 0 unspecified atom stereocenters. The quantitative estimate of drug-likeness (QED) is 0.426. The lowest BCUT2D eigenvalue weighted by Gasteiger charge is -2.19. The van der Waals surface area contributed by atoms with Crippen LogP contribution in [0.4, 0.5) is 5.82 Å². The number of hydrogen-bond donors (Lipinski definition) is 4. The van der Waals surface area contributed by atoms with Gasteiger partial charge in [0.25, 0.3) is 0 Å². The summed E-state index contributed by atoms with van der Waals surface area (Å²) in [6.45, 7) is -0.156. The Hall–Kier alpha value is -2.57. The SMILES string of the molecule is NS(=O)(=O)OC[C@@H]1C[C@@H](n2ccc3c(N[C@@H]4c5ccccc5C[C@@H]4O)ncnc32)C[C@@H]1O. The van der Waals surface area contributed by atoms with Crippen LogP contribution in [0.25, 0.3) is 11.0 Å². The molecule has 10 nitrogen and oxygen atoms in total. The molecule has 1 saturated carbocycles. The van der Waals surface area contributed by atoms with E-state index in [0.717, 1.165) is 16.5 Å². The van der Waals surface area contributed by atoms with E-state index in [9.17, 15) is 18.6 Å². The normalized spacial score (nSPS) is 27.7. The number of rotatable bonds is 6. The molecule has 5 atom stereocenters. The Morgan fingerprint density at radius 3 is 2.78 bits per heavy atom. The molecule has 0 amide bonds. The summed E-state index contributed by atoms with van der Waals surface area (Å²) in [5.41, 5.74) is 2.88. The highest BCUT2D eigenvalue weighted by atomic mass is 32.2. The van der Waals surface area contributed by atoms with Crippen LogP contribution in [0.15, 0.2) is 42.9 Å². The second kappa shape index (κ2) is 8.09. The van der Waals surface area contributed by atoms with Gasteiger partial charge >= 0.3 is 10.3 Å². The number of anilines is 1. The molecule has 11 heteroatoms. The van der Waals surface area contributed by atoms with Crippen LogP contribution in [-0.4, -0.2) is 52.0 Å². The van der Waals surface area contributed by atoms with E-state index in [4.69, 9.17) is 9.32 Å². The molecule has 0 bridgehead atoms. The molecule has 170 valence electrons. The minimum absolute atomic E-state index is 0.0721. The van der Waals surface area contributed by atoms with Crippen molar-refractivity contribution in [2.45, 2.75) is 43.6 Å². The number of aromatic nitrogens is 3. The van der Waals surface area contributed by atoms with Crippen LogP contribution < -0.4 is 10.5 Å². The van der Waals surface area contributed by atoms with Crippen LogP contribution in [0.2, 0.25) is 0 Å². The third-order valence-corrected chi connectivity index (χ3v) is 6.94. The number of hydrogen-bond acceptors (Lipinski definition) is 8. The van der Waals surface area contributed by atoms with Crippen molar-refractivity contribution in [2.24, 2.45) is 11.1 Å². The second-order valence-corrected chi connectivity index (χ2v) is 9.73. The van der Waals surface area contributed by atoms with Crippen LogP contribution >= 0.6 is 0 Å². The Bertz CT molecular complexity index is 1250. The van der Waals surface area contributed by atoms with E-state index in [2.05, 4.69) is 15.3 Å². The maximum absolute atomic E-state index is 11.1. The summed E-state index contributed by atoms with van der Waals surface area (Å²) >= 11 is 0. The van der Waals surface area contributed by atoms with Gasteiger partial charge in [0.2, 0.25) is 0 Å². The Balaban J connectivity index is 1.38. The van der Waals surface area contributed by atoms with Crippen LogP contribution in [0.3, 0.4) is 0 Å². The van der Waals surface area contributed by atoms with Gasteiger partial charge in [0.05, 0.1) is 30.2 Å². The fourth-order valence-corrected chi connectivity index (χ4v) is 5.30. The Labute approximate surface area is 185 Å². The molecule has 2 aliphatic carbocycles. The van der Waals surface area contributed by atoms with E-state index in [1.807, 2.05) is 41.1 Å². The van der Waals surface area contributed by atoms with Gasteiger partial charge in [0.1, 0.15) is 17.8 Å². The van der Waals surface area contributed by atoms with Crippen LogP contribution in [0.1, 0.15) is 36.1 Å². The fraction of sp³-hybridized carbons (Fsp3) is 0.429. The molecule has 1 aromatic carbocycles. The summed E-state index contributed by atoms with van der Waals surface area (Å²) in [4.78, 5) is 8.85. The number of aliphatic hydroxyl groups is 2. The standard InChI is InChI=1S/C21H25N5O5S/c22-32(29,30)31-10-13-7-14(9-17(13)27)26-6-5-16-20(23-11-24-21(16)26)25-19-15-4-2-1-3-12(15)8-18(19)28/h1-6,11,13-14,17-19,27-28H,7-10H2,(H2,22,29,30)(H,23,24,25)/t13-,14+,17-,18-,19+/m0/s1. The summed E-state index contributed by atoms with van der Waals surface area (Å²) in [5, 5.41) is 30.1. The highest BCUT2D eigenvalue weighted by Gasteiger charge is 2.36. The van der Waals surface area contributed by atoms with Crippen molar-refractivity contribution in [3.8, 4) is 0 Å². The van der Waals surface area contributed by atoms with E-state index in [1.165, 1.54) is 6.33 Å². The van der Waals surface area contributed by atoms with Gasteiger partial charge < -0.3 is 20.1 Å². The van der Waals surface area contributed by atoms with Crippen molar-refractivity contribution in [3.63, 3.8) is 0 Å². The molecule has 1 fully saturated rings. The van der Waals surface area contributed by atoms with E-state index >= 15 is 0 Å². The molecule has 5 rings (SSSR count). The van der Waals surface area contributed by atoms with Crippen molar-refractivity contribution >= 4 is 27.2 Å². The Morgan fingerprint density at radius 1 is 1.16 bits per heavy atom. The highest BCUT2D eigenvalue weighted by molar-refractivity contribution is 7.84. The molecule has 2 heterocycles. The minimum atomic E-state index is -4.05. The molecule has 32 heavy (non-hydrogen) atoms. The molecule has 0 saturated heterocycles. The van der Waals surface area contributed by atoms with Gasteiger partial charge in [-0.3, -0.25) is 4.18 Å². The fourth-order valence-electron chi connectivity index (χ4n) is 4.94. The zero-order valence-corrected chi connectivity index (χ0v) is 18.0. The number of aliphatic hydroxyl groups excluding tert-OH is 2. The zero-order valence-electron chi connectivity index (χ0n) is 17.2. The van der Waals surface area contributed by atoms with Gasteiger partial charge in [0, 0.05) is 24.6 Å². The summed E-state index contributed by atoms with van der Waals surface area (Å²) < 4.78 is 28.8. The maximum Gasteiger partial charge on any atom is 0.333 e. The van der Waals surface area contributed by atoms with Gasteiger partial charge in [-0.25, -0.2) is 15.1 Å². The Kier molecular flexibility index (Phi) is 5.38. The van der Waals surface area contributed by atoms with Gasteiger partial charge in [0.15, 0.2) is 0 Å². The van der Waals surface area contributed by atoms with Gasteiger partial charge in [-0.15, -0.1) is 0 Å². The van der Waals surface area contributed by atoms with Crippen molar-refractivity contribution in [1.82, 2.24) is 14.5 Å². The van der Waals surface area contributed by atoms with E-state index in [1.54, 1.807) is 0 Å². The van der Waals surface area contributed by atoms with Gasteiger partial charge in [-0.1, -0.05) is 24.3 Å². The lowest BCUT2D eigenvalue weighted by Crippen LogP contribution is -2.24. The lowest BCUT2D eigenvalue weighted by molar-refractivity contribution is 0.100. The third kappa shape index (κ3) is 3.97. The number of nitrogens with two attached hydrogens (primary N) is 1. The van der Waals surface area contributed by atoms with E-state index in [0.29, 0.717) is 30.7 Å². The zero-order chi connectivity index (χ0) is 22.5. The summed E-state index contributed by atoms with van der Waals surface area (Å²) in [5.74, 6) is 0.280. The molecule has 2 aromatic heterocycles. The predicted molar refractivity (Wildman–Crippen MR) is 117 cm³/mol. The summed E-state index contributed by atoms with van der Waals surface area (Å²) in [6.07, 6.45) is 3.68. The molecule has 0 spiro atoms. The molecular formula is C21H25N5O5S. The lowest BCUT2D eigenvalue weighted by atomic mass is 10.1. The first-order chi connectivity index (χ1) is 15.3. The minimum Gasteiger partial charge on any atom is -0.393 e. The first kappa shape index (κ1) is 21.3. The molecular weight excluding hydrogens is 434 g/mol. The molecule has 5 N–H and O–H groups in total. The van der Waals surface area contributed by atoms with Gasteiger partial charge in [-0.2, -0.15) is 8.42 Å². The van der Waals surface area contributed by atoms with Crippen LogP contribution in [-0.2, 0) is 20.9 Å². The van der Waals surface area contributed by atoms with Crippen LogP contribution in [0.5, 0.6) is 0 Å². The largest absolute Gasteiger partial charge is 0.393 e. The predicted octanol–water partition coefficient (Wildman–Crippen LogP) is 1.03. The molecule has 0 radical (unpaired) electrons. The van der Waals surface area contributed by atoms with Crippen molar-refractivity contribution in [1.29, 1.82) is 0 Å². The highest BCUT2D eigenvalue weighted by Crippen LogP contribution is 2.39. The van der Waals surface area contributed by atoms with Crippen molar-refractivity contribution in [3.05, 3.63) is 54.0 Å². The molecule has 2 aliphatic rings. The first-order valence-corrected chi connectivity index (χ1v) is 12.0. The van der Waals surface area contributed by atoms with E-state index in [-0.39, 0.29) is 24.6 Å². The number of nitrogens with zero attached hydrogens (tertiary/aromatic N) is 3. The maximum atomic E-state index is 11.1. The van der Waals surface area contributed by atoms with Gasteiger partial charge in [-0.05, 0) is 30.0 Å². The number of benzene rings is 1. The summed E-state index contributed by atoms with van der Waals surface area (Å²) in [6, 6.07) is 9.53. The third-order valence-electron chi connectivity index (χ3n) is 6.48. The Morgan fingerprint density at radius 2 is 1.97 bits per heavy atom. The average Bonchev–Trinajstić information content (AvgIpc) is 3.42. The number of nitrogens with one attached hydrogen (secondary N) is 1. The second-order valence-electron chi connectivity index (χ2n) is 8.50. The average molecular weight is 460 g/mol. The van der Waals surface area contributed by atoms with E-state index < -0.39 is 22.5 Å². The smallest absolute Gasteiger partial charge is 0.333 e. The van der Waals surface area contributed by atoms with Crippen molar-refractivity contribution in [2.75, 3.05) is 11.9 Å². The number of fused-ring (bicyclic) bond motifs is 2. The van der Waals surface area contributed by atoms with Crippen molar-refractivity contribution < 1.29 is 22.8 Å². The van der Waals surface area contributed by atoms with Crippen LogP contribution in [0, 0.1) is 5.92 Å². The topological polar surface area (TPSA) is 153 Å². The summed E-state index contributed by atoms with van der Waals surface area (Å²) in [7, 11) is -4.05. The molecule has 0 aliphatic heterocycles. The monoisotopic (exact) mass is 459 g/mol. The molecule has 3 aromatic rings. The first-order valence-electron chi connectivity index (χ1n) is 10.5.